The van der Waals surface area contributed by atoms with Gasteiger partial charge in [-0.1, -0.05) is 0 Å². The number of nitrogens with zero attached hydrogens (tertiary/aromatic N) is 2. The SMILES string of the molecule is O=[N+]([O-])c1cc2cc-2c1[N+](=O)[O-].O[B]O. The van der Waals surface area contributed by atoms with Gasteiger partial charge in [-0.05, 0) is 11.6 Å². The molecule has 0 atom stereocenters. The van der Waals surface area contributed by atoms with E-state index in [1.165, 1.54) is 6.07 Å². The van der Waals surface area contributed by atoms with Crippen LogP contribution >= 0.6 is 0 Å². The van der Waals surface area contributed by atoms with Gasteiger partial charge < -0.3 is 10.0 Å². The Balaban J connectivity index is 0.000000337. The zero-order chi connectivity index (χ0) is 11.6. The Bertz CT molecular complexity index is 434. The maximum Gasteiger partial charge on any atom is 0.482 e. The number of rotatable bonds is 2. The van der Waals surface area contributed by atoms with E-state index in [0.717, 1.165) is 0 Å². The Hall–Kier alpha value is -2.00. The molecule has 0 amide bonds. The molecule has 15 heavy (non-hydrogen) atoms. The second-order valence-corrected chi connectivity index (χ2v) is 2.52. The minimum atomic E-state index is -0.738. The number of fused-ring (bicyclic) bond motifs is 1. The highest BCUT2D eigenvalue weighted by atomic mass is 16.6. The molecule has 0 bridgehead atoms. The van der Waals surface area contributed by atoms with E-state index in [2.05, 4.69) is 0 Å². The number of nitro benzene ring substituents is 2. The highest BCUT2D eigenvalue weighted by Crippen LogP contribution is 2.50. The van der Waals surface area contributed by atoms with Crippen LogP contribution in [0.5, 0.6) is 0 Å². The summed E-state index contributed by atoms with van der Waals surface area (Å²) in [6, 6.07) is 2.76. The molecule has 0 heterocycles. The van der Waals surface area contributed by atoms with Crippen LogP contribution in [0.25, 0.3) is 11.1 Å². The summed E-state index contributed by atoms with van der Waals surface area (Å²) in [5.74, 6) is 0. The molecule has 8 nitrogen and oxygen atoms in total. The lowest BCUT2D eigenvalue weighted by Gasteiger charge is -1.86. The molecule has 2 aliphatic rings. The van der Waals surface area contributed by atoms with Crippen LogP contribution in [-0.4, -0.2) is 27.6 Å². The van der Waals surface area contributed by atoms with Crippen molar-refractivity contribution in [2.75, 3.05) is 0 Å². The van der Waals surface area contributed by atoms with Gasteiger partial charge in [0.1, 0.15) is 0 Å². The molecule has 9 heteroatoms. The molecule has 0 aliphatic heterocycles. The van der Waals surface area contributed by atoms with Crippen LogP contribution in [0, 0.1) is 20.2 Å². The van der Waals surface area contributed by atoms with Crippen LogP contribution in [0.2, 0.25) is 0 Å². The average Bonchev–Trinajstić information content (AvgIpc) is 2.77. The van der Waals surface area contributed by atoms with Crippen molar-refractivity contribution < 1.29 is 19.9 Å². The summed E-state index contributed by atoms with van der Waals surface area (Å²) in [5, 5.41) is 34.6. The van der Waals surface area contributed by atoms with Crippen molar-refractivity contribution in [3.63, 3.8) is 0 Å². The lowest BCUT2D eigenvalue weighted by atomic mass is 10.4. The molecule has 0 unspecified atom stereocenters. The third kappa shape index (κ3) is 2.09. The first-order chi connectivity index (χ1) is 7.02. The van der Waals surface area contributed by atoms with Crippen molar-refractivity contribution in [1.82, 2.24) is 0 Å². The van der Waals surface area contributed by atoms with Crippen molar-refractivity contribution in [3.05, 3.63) is 32.4 Å². The quantitative estimate of drug-likeness (QED) is 0.408. The van der Waals surface area contributed by atoms with Crippen molar-refractivity contribution >= 4 is 19.1 Å². The van der Waals surface area contributed by atoms with Crippen LogP contribution in [0.15, 0.2) is 12.1 Å². The average molecular weight is 211 g/mol. The maximum atomic E-state index is 10.3. The van der Waals surface area contributed by atoms with Crippen LogP contribution in [0.1, 0.15) is 0 Å². The lowest BCUT2D eigenvalue weighted by molar-refractivity contribution is -0.421. The van der Waals surface area contributed by atoms with Crippen LogP contribution in [0.4, 0.5) is 11.4 Å². The monoisotopic (exact) mass is 211 g/mol. The topological polar surface area (TPSA) is 127 Å². The van der Waals surface area contributed by atoms with E-state index in [9.17, 15) is 20.2 Å². The lowest BCUT2D eigenvalue weighted by Crippen LogP contribution is -1.92. The van der Waals surface area contributed by atoms with Crippen LogP contribution < -0.4 is 0 Å². The fourth-order valence-electron chi connectivity index (χ4n) is 1.13. The molecule has 77 valence electrons. The first kappa shape index (κ1) is 11.1. The predicted molar refractivity (Wildman–Crippen MR) is 48.9 cm³/mol. The van der Waals surface area contributed by atoms with E-state index in [-0.39, 0.29) is 13.4 Å². The Kier molecular flexibility index (Phi) is 2.97. The summed E-state index contributed by atoms with van der Waals surface area (Å²) in [4.78, 5) is 19.1. The van der Waals surface area contributed by atoms with E-state index >= 15 is 0 Å². The Morgan fingerprint density at radius 1 is 1.13 bits per heavy atom. The zero-order valence-electron chi connectivity index (χ0n) is 7.15. The van der Waals surface area contributed by atoms with Gasteiger partial charge in [0.05, 0.1) is 15.4 Å². The van der Waals surface area contributed by atoms with Crippen molar-refractivity contribution in [1.29, 1.82) is 0 Å². The molecule has 2 N–H and O–H groups in total. The van der Waals surface area contributed by atoms with Crippen molar-refractivity contribution in [3.8, 4) is 11.1 Å². The Morgan fingerprint density at radius 3 is 2.00 bits per heavy atom. The van der Waals surface area contributed by atoms with Gasteiger partial charge in [0.25, 0.3) is 0 Å². The molecule has 0 saturated heterocycles. The smallest absolute Gasteiger partial charge is 0.429 e. The molecular weight excluding hydrogens is 207 g/mol. The fourth-order valence-corrected chi connectivity index (χ4v) is 1.13. The molecule has 1 radical (unpaired) electrons. The molecule has 0 spiro atoms. The molecular formula is C6H4BN2O6. The van der Waals surface area contributed by atoms with E-state index in [1.54, 1.807) is 6.07 Å². The summed E-state index contributed by atoms with van der Waals surface area (Å²) < 4.78 is 0. The summed E-state index contributed by atoms with van der Waals surface area (Å²) in [5.41, 5.74) is 0.211. The third-order valence-corrected chi connectivity index (χ3v) is 1.70. The molecule has 0 aromatic heterocycles. The van der Waals surface area contributed by atoms with Gasteiger partial charge in [-0.2, -0.15) is 0 Å². The molecule has 0 aromatic carbocycles. The van der Waals surface area contributed by atoms with E-state index in [1.807, 2.05) is 0 Å². The number of nitro groups is 2. The van der Waals surface area contributed by atoms with E-state index < -0.39 is 15.5 Å². The second kappa shape index (κ2) is 4.03. The number of hydrogen-bond acceptors (Lipinski definition) is 6. The Labute approximate surface area is 83.4 Å². The standard InChI is InChI=1S/C6H2N2O4.BH2O2/c9-7(10)5-2-3-1-4(3)6(5)8(11)12;2-1-3/h1-2H;2-3H. The first-order valence-corrected chi connectivity index (χ1v) is 3.60. The largest absolute Gasteiger partial charge is 0.482 e. The van der Waals surface area contributed by atoms with Gasteiger partial charge in [-0.15, -0.1) is 0 Å². The summed E-state index contributed by atoms with van der Waals surface area (Å²) >= 11 is 0. The van der Waals surface area contributed by atoms with Crippen molar-refractivity contribution in [2.45, 2.75) is 0 Å². The normalized spacial score (nSPS) is 9.73. The number of benzene rings is 1. The minimum Gasteiger partial charge on any atom is -0.429 e. The maximum absolute atomic E-state index is 10.3. The predicted octanol–water partition coefficient (Wildman–Crippen LogP) is -0.0114. The van der Waals surface area contributed by atoms with Crippen LogP contribution in [0.3, 0.4) is 0 Å². The van der Waals surface area contributed by atoms with E-state index in [0.29, 0.717) is 11.1 Å². The van der Waals surface area contributed by atoms with Gasteiger partial charge in [-0.3, -0.25) is 20.2 Å². The van der Waals surface area contributed by atoms with Crippen molar-refractivity contribution in [2.24, 2.45) is 0 Å². The summed E-state index contributed by atoms with van der Waals surface area (Å²) in [6.45, 7) is 0. The van der Waals surface area contributed by atoms with Gasteiger partial charge in [0.2, 0.25) is 0 Å². The fraction of sp³-hybridized carbons (Fsp3) is 0. The molecule has 2 aliphatic carbocycles. The van der Waals surface area contributed by atoms with E-state index in [4.69, 9.17) is 10.0 Å². The van der Waals surface area contributed by atoms with Gasteiger partial charge in [0.15, 0.2) is 0 Å². The van der Waals surface area contributed by atoms with Gasteiger partial charge >= 0.3 is 19.1 Å². The zero-order valence-corrected chi connectivity index (χ0v) is 7.15. The van der Waals surface area contributed by atoms with Crippen LogP contribution in [-0.2, 0) is 0 Å². The van der Waals surface area contributed by atoms with Gasteiger partial charge in [0, 0.05) is 6.07 Å². The molecule has 0 fully saturated rings. The molecule has 0 saturated carbocycles. The second-order valence-electron chi connectivity index (χ2n) is 2.52. The number of hydrogen-bond donors (Lipinski definition) is 2. The minimum absolute atomic E-state index is 0. The Morgan fingerprint density at radius 2 is 1.67 bits per heavy atom. The third-order valence-electron chi connectivity index (χ3n) is 1.70. The summed E-state index contributed by atoms with van der Waals surface area (Å²) in [6.07, 6.45) is 0. The first-order valence-electron chi connectivity index (χ1n) is 3.60. The summed E-state index contributed by atoms with van der Waals surface area (Å²) in [7, 11) is 0. The van der Waals surface area contributed by atoms with Gasteiger partial charge in [-0.25, -0.2) is 0 Å². The molecule has 0 aromatic rings. The molecule has 2 rings (SSSR count). The highest BCUT2D eigenvalue weighted by Gasteiger charge is 2.38. The highest BCUT2D eigenvalue weighted by molar-refractivity contribution is 6.13.